The molecule has 3 aromatic rings. The topological polar surface area (TPSA) is 55.4 Å². The third kappa shape index (κ3) is 4.76. The Labute approximate surface area is 176 Å². The minimum atomic E-state index is -1.99. The molecular formula is C22H15BF4NO3. The molecule has 0 saturated carbocycles. The van der Waals surface area contributed by atoms with Crippen molar-refractivity contribution >= 4 is 24.6 Å². The summed E-state index contributed by atoms with van der Waals surface area (Å²) in [6, 6.07) is 14.2. The van der Waals surface area contributed by atoms with E-state index in [-0.39, 0.29) is 12.1 Å². The van der Waals surface area contributed by atoms with Crippen LogP contribution in [0.25, 0.3) is 0 Å². The normalized spacial score (nSPS) is 10.5. The lowest BCUT2D eigenvalue weighted by Crippen LogP contribution is -2.26. The van der Waals surface area contributed by atoms with Gasteiger partial charge in [0.1, 0.15) is 12.8 Å². The van der Waals surface area contributed by atoms with Crippen molar-refractivity contribution in [2.45, 2.75) is 13.4 Å². The van der Waals surface area contributed by atoms with E-state index >= 15 is 0 Å². The van der Waals surface area contributed by atoms with E-state index in [1.165, 1.54) is 18.2 Å². The molecule has 31 heavy (non-hydrogen) atoms. The molecule has 0 unspecified atom stereocenters. The molecule has 0 spiro atoms. The van der Waals surface area contributed by atoms with Gasteiger partial charge in [-0.15, -0.1) is 0 Å². The first kappa shape index (κ1) is 22.1. The van der Waals surface area contributed by atoms with Crippen molar-refractivity contribution in [3.05, 3.63) is 94.6 Å². The fraction of sp³-hybridized carbons (Fsp3) is 0.0909. The van der Waals surface area contributed by atoms with Gasteiger partial charge in [-0.3, -0.25) is 4.79 Å². The zero-order valence-electron chi connectivity index (χ0n) is 16.2. The Hall–Kier alpha value is -3.62. The summed E-state index contributed by atoms with van der Waals surface area (Å²) < 4.78 is 62.2. The molecule has 0 aromatic heterocycles. The molecule has 0 aliphatic carbocycles. The molecule has 1 radical (unpaired) electrons. The number of ether oxygens (including phenoxy) is 1. The molecule has 1 amide bonds. The van der Waals surface area contributed by atoms with Crippen LogP contribution in [0, 0.1) is 23.3 Å². The second-order valence-corrected chi connectivity index (χ2v) is 6.43. The Kier molecular flexibility index (Phi) is 6.74. The largest absolute Gasteiger partial charge is 0.416 e. The van der Waals surface area contributed by atoms with Crippen LogP contribution in [-0.2, 0) is 6.54 Å². The molecule has 0 atom stereocenters. The molecule has 157 valence electrons. The highest BCUT2D eigenvalue weighted by atomic mass is 19.2. The third-order valence-corrected chi connectivity index (χ3v) is 4.40. The summed E-state index contributed by atoms with van der Waals surface area (Å²) in [5.74, 6) is -12.1. The standard InChI is InChI=1S/C22H15BF4NO3/c1-23-14-9-5-8-13(10-14)22(30)31-20-18(26)16(24)15(17(25)19(20)27)21(29)28-11-12-6-3-2-4-7-12/h2-10H,11H2,1H3,(H,28,29). The van der Waals surface area contributed by atoms with E-state index in [2.05, 4.69) is 10.1 Å². The second kappa shape index (κ2) is 9.46. The zero-order valence-corrected chi connectivity index (χ0v) is 16.2. The molecule has 0 saturated heterocycles. The van der Waals surface area contributed by atoms with E-state index in [0.29, 0.717) is 11.0 Å². The van der Waals surface area contributed by atoms with Crippen molar-refractivity contribution in [2.75, 3.05) is 0 Å². The number of hydrogen-bond acceptors (Lipinski definition) is 3. The first-order valence-electron chi connectivity index (χ1n) is 9.13. The Morgan fingerprint density at radius 1 is 0.903 bits per heavy atom. The SMILES string of the molecule is C[B]c1cccc(C(=O)Oc2c(F)c(F)c(C(=O)NCc3ccccc3)c(F)c2F)c1. The van der Waals surface area contributed by atoms with E-state index in [9.17, 15) is 27.2 Å². The predicted octanol–water partition coefficient (Wildman–Crippen LogP) is 3.77. The molecule has 9 heteroatoms. The smallest absolute Gasteiger partial charge is 0.343 e. The lowest BCUT2D eigenvalue weighted by atomic mass is 9.73. The molecule has 3 aromatic carbocycles. The molecular weight excluding hydrogens is 413 g/mol. The first-order valence-corrected chi connectivity index (χ1v) is 9.13. The summed E-state index contributed by atoms with van der Waals surface area (Å²) >= 11 is 0. The van der Waals surface area contributed by atoms with Gasteiger partial charge in [-0.1, -0.05) is 60.8 Å². The maximum Gasteiger partial charge on any atom is 0.343 e. The number of carbonyl (C=O) groups is 2. The van der Waals surface area contributed by atoms with Gasteiger partial charge in [0.05, 0.1) is 5.56 Å². The van der Waals surface area contributed by atoms with Gasteiger partial charge >= 0.3 is 5.97 Å². The van der Waals surface area contributed by atoms with E-state index in [1.807, 2.05) is 0 Å². The minimum Gasteiger partial charge on any atom is -0.416 e. The highest BCUT2D eigenvalue weighted by molar-refractivity contribution is 6.52. The van der Waals surface area contributed by atoms with Crippen LogP contribution >= 0.6 is 0 Å². The Morgan fingerprint density at radius 3 is 2.16 bits per heavy atom. The number of amides is 1. The van der Waals surface area contributed by atoms with Crippen LogP contribution in [0.15, 0.2) is 54.6 Å². The maximum absolute atomic E-state index is 14.4. The Balaban J connectivity index is 1.87. The number of esters is 1. The summed E-state index contributed by atoms with van der Waals surface area (Å²) in [4.78, 5) is 24.3. The Morgan fingerprint density at radius 2 is 1.55 bits per heavy atom. The van der Waals surface area contributed by atoms with Crippen molar-refractivity contribution in [1.82, 2.24) is 5.32 Å². The van der Waals surface area contributed by atoms with Crippen LogP contribution in [0.1, 0.15) is 26.3 Å². The van der Waals surface area contributed by atoms with Crippen molar-refractivity contribution in [3.8, 4) is 5.75 Å². The number of halogens is 4. The van der Waals surface area contributed by atoms with E-state index in [1.54, 1.807) is 50.5 Å². The maximum atomic E-state index is 14.4. The van der Waals surface area contributed by atoms with Gasteiger partial charge in [0, 0.05) is 6.54 Å². The molecule has 1 N–H and O–H groups in total. The van der Waals surface area contributed by atoms with E-state index in [4.69, 9.17) is 0 Å². The van der Waals surface area contributed by atoms with Crippen LogP contribution in [0.4, 0.5) is 17.6 Å². The minimum absolute atomic E-state index is 0.0834. The number of benzene rings is 3. The summed E-state index contributed by atoms with van der Waals surface area (Å²) in [5, 5.41) is 2.19. The zero-order chi connectivity index (χ0) is 22.5. The highest BCUT2D eigenvalue weighted by Crippen LogP contribution is 2.30. The number of nitrogens with one attached hydrogen (secondary N) is 1. The lowest BCUT2D eigenvalue weighted by Gasteiger charge is -2.12. The van der Waals surface area contributed by atoms with Crippen molar-refractivity contribution < 1.29 is 31.9 Å². The van der Waals surface area contributed by atoms with Crippen LogP contribution in [0.2, 0.25) is 6.82 Å². The van der Waals surface area contributed by atoms with Crippen molar-refractivity contribution in [3.63, 3.8) is 0 Å². The van der Waals surface area contributed by atoms with Gasteiger partial charge in [0.25, 0.3) is 5.91 Å². The van der Waals surface area contributed by atoms with Crippen molar-refractivity contribution in [1.29, 1.82) is 0 Å². The first-order chi connectivity index (χ1) is 14.8. The third-order valence-electron chi connectivity index (χ3n) is 4.40. The van der Waals surface area contributed by atoms with Crippen LogP contribution in [-0.4, -0.2) is 19.2 Å². The average molecular weight is 428 g/mol. The molecule has 0 heterocycles. The fourth-order valence-corrected chi connectivity index (χ4v) is 2.76. The second-order valence-electron chi connectivity index (χ2n) is 6.43. The predicted molar refractivity (Wildman–Crippen MR) is 107 cm³/mol. The average Bonchev–Trinajstić information content (AvgIpc) is 2.80. The highest BCUT2D eigenvalue weighted by Gasteiger charge is 2.31. The van der Waals surface area contributed by atoms with Crippen LogP contribution in [0.5, 0.6) is 5.75 Å². The quantitative estimate of drug-likeness (QED) is 0.214. The molecule has 4 nitrogen and oxygen atoms in total. The van der Waals surface area contributed by atoms with Gasteiger partial charge in [0.15, 0.2) is 11.6 Å². The molecule has 0 fully saturated rings. The van der Waals surface area contributed by atoms with Crippen LogP contribution in [0.3, 0.4) is 0 Å². The molecule has 0 bridgehead atoms. The van der Waals surface area contributed by atoms with E-state index in [0.717, 1.165) is 0 Å². The van der Waals surface area contributed by atoms with Gasteiger partial charge in [0.2, 0.25) is 17.4 Å². The monoisotopic (exact) mass is 428 g/mol. The van der Waals surface area contributed by atoms with Gasteiger partial charge < -0.3 is 10.1 Å². The van der Waals surface area contributed by atoms with Gasteiger partial charge in [-0.2, -0.15) is 8.78 Å². The van der Waals surface area contributed by atoms with Gasteiger partial charge in [-0.25, -0.2) is 13.6 Å². The lowest BCUT2D eigenvalue weighted by molar-refractivity contribution is 0.0717. The van der Waals surface area contributed by atoms with Crippen molar-refractivity contribution in [2.24, 2.45) is 0 Å². The molecule has 3 rings (SSSR count). The number of carbonyl (C=O) groups excluding carboxylic acids is 2. The summed E-state index contributed by atoms with van der Waals surface area (Å²) in [7, 11) is 1.67. The summed E-state index contributed by atoms with van der Waals surface area (Å²) in [6.07, 6.45) is 0. The van der Waals surface area contributed by atoms with E-state index < -0.39 is 46.5 Å². The molecule has 0 aliphatic heterocycles. The summed E-state index contributed by atoms with van der Waals surface area (Å²) in [5.41, 5.74) is -0.305. The van der Waals surface area contributed by atoms with Gasteiger partial charge in [-0.05, 0) is 11.6 Å². The molecule has 0 aliphatic rings. The van der Waals surface area contributed by atoms with Crippen LogP contribution < -0.4 is 15.5 Å². The summed E-state index contributed by atoms with van der Waals surface area (Å²) in [6.45, 7) is 1.58. The number of hydrogen-bond donors (Lipinski definition) is 1. The Bertz CT molecular complexity index is 1110. The fourth-order valence-electron chi connectivity index (χ4n) is 2.76. The number of rotatable bonds is 6.